The van der Waals surface area contributed by atoms with E-state index in [1.54, 1.807) is 0 Å². The highest BCUT2D eigenvalue weighted by Gasteiger charge is 2.48. The quantitative estimate of drug-likeness (QED) is 0.452. The average Bonchev–Trinajstić information content (AvgIpc) is 2.71. The highest BCUT2D eigenvalue weighted by molar-refractivity contribution is 5.47. The first kappa shape index (κ1) is 19.3. The molecule has 3 fully saturated rings. The topological polar surface area (TPSA) is 33.0 Å². The maximum atomic E-state index is 9.62. The number of rotatable bonds is 9. The molecule has 2 heteroatoms. The SMILES string of the molecule is CCCCCOc1ccc(C23CCC(CCCC)(CC2)CC3)cc1C#N. The first-order valence-electron chi connectivity index (χ1n) is 10.8. The number of benzene rings is 1. The van der Waals surface area contributed by atoms with Crippen LogP contribution in [0.4, 0.5) is 0 Å². The Kier molecular flexibility index (Phi) is 6.28. The maximum absolute atomic E-state index is 9.62. The molecule has 142 valence electrons. The van der Waals surface area contributed by atoms with Crippen molar-refractivity contribution >= 4 is 0 Å². The second-order valence-electron chi connectivity index (χ2n) is 8.76. The van der Waals surface area contributed by atoms with Gasteiger partial charge in [-0.3, -0.25) is 0 Å². The van der Waals surface area contributed by atoms with Gasteiger partial charge in [0.15, 0.2) is 0 Å². The second-order valence-corrected chi connectivity index (χ2v) is 8.76. The fourth-order valence-corrected chi connectivity index (χ4v) is 5.23. The number of ether oxygens (including phenoxy) is 1. The van der Waals surface area contributed by atoms with Crippen LogP contribution in [-0.4, -0.2) is 6.61 Å². The third-order valence-electron chi connectivity index (χ3n) is 7.18. The summed E-state index contributed by atoms with van der Waals surface area (Å²) >= 11 is 0. The van der Waals surface area contributed by atoms with Crippen molar-refractivity contribution in [1.29, 1.82) is 5.26 Å². The molecule has 0 heterocycles. The third-order valence-corrected chi connectivity index (χ3v) is 7.18. The van der Waals surface area contributed by atoms with Crippen molar-refractivity contribution in [2.45, 2.75) is 96.3 Å². The Labute approximate surface area is 159 Å². The number of unbranched alkanes of at least 4 members (excludes halogenated alkanes) is 3. The number of hydrogen-bond donors (Lipinski definition) is 0. The van der Waals surface area contributed by atoms with Crippen molar-refractivity contribution in [2.24, 2.45) is 5.41 Å². The number of nitriles is 1. The van der Waals surface area contributed by atoms with Crippen LogP contribution in [0.25, 0.3) is 0 Å². The predicted molar refractivity (Wildman–Crippen MR) is 108 cm³/mol. The molecule has 4 rings (SSSR count). The van der Waals surface area contributed by atoms with Crippen LogP contribution in [0.15, 0.2) is 18.2 Å². The van der Waals surface area contributed by atoms with Gasteiger partial charge < -0.3 is 4.74 Å². The van der Waals surface area contributed by atoms with E-state index in [0.717, 1.165) is 17.7 Å². The van der Waals surface area contributed by atoms with Gasteiger partial charge in [-0.05, 0) is 79.9 Å². The monoisotopic (exact) mass is 353 g/mol. The average molecular weight is 354 g/mol. The van der Waals surface area contributed by atoms with Gasteiger partial charge in [0.25, 0.3) is 0 Å². The Morgan fingerprint density at radius 3 is 2.27 bits per heavy atom. The second kappa shape index (κ2) is 8.47. The molecule has 0 radical (unpaired) electrons. The Morgan fingerprint density at radius 1 is 0.962 bits per heavy atom. The van der Waals surface area contributed by atoms with Crippen LogP contribution < -0.4 is 4.74 Å². The van der Waals surface area contributed by atoms with Crippen molar-refractivity contribution in [1.82, 2.24) is 0 Å². The highest BCUT2D eigenvalue weighted by atomic mass is 16.5. The van der Waals surface area contributed by atoms with Crippen LogP contribution >= 0.6 is 0 Å². The first-order valence-corrected chi connectivity index (χ1v) is 10.8. The van der Waals surface area contributed by atoms with Gasteiger partial charge in [0.05, 0.1) is 12.2 Å². The summed E-state index contributed by atoms with van der Waals surface area (Å²) in [5, 5.41) is 9.62. The van der Waals surface area contributed by atoms with Crippen molar-refractivity contribution in [3.05, 3.63) is 29.3 Å². The van der Waals surface area contributed by atoms with Gasteiger partial charge in [-0.1, -0.05) is 45.6 Å². The van der Waals surface area contributed by atoms with Crippen LogP contribution in [0.2, 0.25) is 0 Å². The molecule has 0 aliphatic heterocycles. The minimum atomic E-state index is 0.320. The summed E-state index contributed by atoms with van der Waals surface area (Å²) in [6.07, 6.45) is 15.6. The Bertz CT molecular complexity index is 618. The molecular weight excluding hydrogens is 318 g/mol. The van der Waals surface area contributed by atoms with Crippen LogP contribution in [-0.2, 0) is 5.41 Å². The molecule has 2 bridgehead atoms. The number of fused-ring (bicyclic) bond motifs is 3. The fraction of sp³-hybridized carbons (Fsp3) is 0.708. The minimum Gasteiger partial charge on any atom is -0.492 e. The van der Waals surface area contributed by atoms with E-state index in [-0.39, 0.29) is 0 Å². The van der Waals surface area contributed by atoms with Crippen molar-refractivity contribution in [2.75, 3.05) is 6.61 Å². The smallest absolute Gasteiger partial charge is 0.137 e. The zero-order chi connectivity index (χ0) is 18.5. The van der Waals surface area contributed by atoms with Crippen LogP contribution in [0, 0.1) is 16.7 Å². The van der Waals surface area contributed by atoms with Gasteiger partial charge in [0.2, 0.25) is 0 Å². The Morgan fingerprint density at radius 2 is 1.65 bits per heavy atom. The Hall–Kier alpha value is -1.49. The van der Waals surface area contributed by atoms with E-state index in [0.29, 0.717) is 17.4 Å². The summed E-state index contributed by atoms with van der Waals surface area (Å²) in [5.74, 6) is 0.771. The molecule has 1 aromatic carbocycles. The van der Waals surface area contributed by atoms with Gasteiger partial charge in [-0.15, -0.1) is 0 Å². The molecule has 0 spiro atoms. The molecule has 0 unspecified atom stereocenters. The molecule has 2 nitrogen and oxygen atoms in total. The summed E-state index contributed by atoms with van der Waals surface area (Å²) in [5.41, 5.74) is 3.07. The summed E-state index contributed by atoms with van der Waals surface area (Å²) in [7, 11) is 0. The zero-order valence-electron chi connectivity index (χ0n) is 16.8. The van der Waals surface area contributed by atoms with Crippen LogP contribution in [0.3, 0.4) is 0 Å². The van der Waals surface area contributed by atoms with Crippen LogP contribution in [0.1, 0.15) is 102 Å². The number of nitrogens with zero attached hydrogens (tertiary/aromatic N) is 1. The summed E-state index contributed by atoms with van der Waals surface area (Å²) in [4.78, 5) is 0. The third kappa shape index (κ3) is 3.93. The highest BCUT2D eigenvalue weighted by Crippen LogP contribution is 2.59. The zero-order valence-corrected chi connectivity index (χ0v) is 16.8. The molecule has 3 saturated carbocycles. The van der Waals surface area contributed by atoms with Crippen molar-refractivity contribution in [3.8, 4) is 11.8 Å². The standard InChI is InChI=1S/C24H35NO/c1-3-5-7-17-26-22-9-8-21(18-20(22)19-25)24-14-11-23(12-15-24,13-16-24)10-6-4-2/h8-9,18H,3-7,10-17H2,1-2H3. The summed E-state index contributed by atoms with van der Waals surface area (Å²) in [6.45, 7) is 5.22. The maximum Gasteiger partial charge on any atom is 0.137 e. The predicted octanol–water partition coefficient (Wildman–Crippen LogP) is 6.91. The molecule has 3 aliphatic carbocycles. The van der Waals surface area contributed by atoms with E-state index in [4.69, 9.17) is 4.74 Å². The van der Waals surface area contributed by atoms with E-state index >= 15 is 0 Å². The lowest BCUT2D eigenvalue weighted by Crippen LogP contribution is -2.44. The fourth-order valence-electron chi connectivity index (χ4n) is 5.23. The first-order chi connectivity index (χ1) is 12.7. The lowest BCUT2D eigenvalue weighted by Gasteiger charge is -2.54. The molecule has 0 amide bonds. The lowest BCUT2D eigenvalue weighted by molar-refractivity contribution is 0.0308. The lowest BCUT2D eigenvalue weighted by atomic mass is 9.51. The van der Waals surface area contributed by atoms with E-state index in [1.165, 1.54) is 76.2 Å². The number of hydrogen-bond acceptors (Lipinski definition) is 2. The molecule has 3 aliphatic rings. The van der Waals surface area contributed by atoms with Gasteiger partial charge >= 0.3 is 0 Å². The summed E-state index contributed by atoms with van der Waals surface area (Å²) < 4.78 is 5.89. The molecule has 26 heavy (non-hydrogen) atoms. The van der Waals surface area contributed by atoms with E-state index < -0.39 is 0 Å². The normalized spacial score (nSPS) is 27.3. The van der Waals surface area contributed by atoms with E-state index in [1.807, 2.05) is 0 Å². The molecule has 0 saturated heterocycles. The molecular formula is C24H35NO. The molecule has 0 aromatic heterocycles. The molecule has 0 N–H and O–H groups in total. The van der Waals surface area contributed by atoms with Crippen LogP contribution in [0.5, 0.6) is 5.75 Å². The summed E-state index contributed by atoms with van der Waals surface area (Å²) in [6, 6.07) is 8.83. The minimum absolute atomic E-state index is 0.320. The van der Waals surface area contributed by atoms with Gasteiger partial charge in [0.1, 0.15) is 11.8 Å². The van der Waals surface area contributed by atoms with Crippen molar-refractivity contribution < 1.29 is 4.74 Å². The van der Waals surface area contributed by atoms with Gasteiger partial charge in [-0.25, -0.2) is 0 Å². The van der Waals surface area contributed by atoms with E-state index in [9.17, 15) is 5.26 Å². The molecule has 1 aromatic rings. The Balaban J connectivity index is 1.70. The molecule has 0 atom stereocenters. The van der Waals surface area contributed by atoms with E-state index in [2.05, 4.69) is 38.1 Å². The van der Waals surface area contributed by atoms with Gasteiger partial charge in [0, 0.05) is 0 Å². The van der Waals surface area contributed by atoms with Gasteiger partial charge in [-0.2, -0.15) is 5.26 Å². The largest absolute Gasteiger partial charge is 0.492 e. The van der Waals surface area contributed by atoms with Crippen molar-refractivity contribution in [3.63, 3.8) is 0 Å².